The van der Waals surface area contributed by atoms with E-state index in [1.165, 1.54) is 11.8 Å². The Bertz CT molecular complexity index is 737. The summed E-state index contributed by atoms with van der Waals surface area (Å²) in [6.07, 6.45) is 1.92. The first-order chi connectivity index (χ1) is 9.28. The summed E-state index contributed by atoms with van der Waals surface area (Å²) < 4.78 is 0. The second-order valence-corrected chi connectivity index (χ2v) is 4.80. The molecule has 1 aromatic heterocycles. The van der Waals surface area contributed by atoms with Gasteiger partial charge in [-0.05, 0) is 17.0 Å². The summed E-state index contributed by atoms with van der Waals surface area (Å²) >= 11 is 1.45. The molecule has 0 spiro atoms. The molecule has 0 fully saturated rings. The second-order valence-electron chi connectivity index (χ2n) is 4.03. The Hall–Kier alpha value is -2.14. The van der Waals surface area contributed by atoms with Gasteiger partial charge in [-0.25, -0.2) is 4.98 Å². The summed E-state index contributed by atoms with van der Waals surface area (Å²) in [4.78, 5) is 12.8. The van der Waals surface area contributed by atoms with Crippen LogP contribution in [0.4, 0.5) is 5.95 Å². The molecule has 19 heavy (non-hydrogen) atoms. The molecule has 0 aliphatic rings. The largest absolute Gasteiger partial charge is 0.368 e. The van der Waals surface area contributed by atoms with Crippen molar-refractivity contribution in [2.24, 2.45) is 0 Å². The van der Waals surface area contributed by atoms with Crippen molar-refractivity contribution < 1.29 is 0 Å². The predicted octanol–water partition coefficient (Wildman–Crippen LogP) is 3.00. The van der Waals surface area contributed by atoms with Crippen LogP contribution in [-0.2, 0) is 0 Å². The SMILES string of the molecule is CSc1nc(N)nc(-c2cccc3ccccc23)n1. The summed E-state index contributed by atoms with van der Waals surface area (Å²) in [5.41, 5.74) is 6.72. The van der Waals surface area contributed by atoms with E-state index in [4.69, 9.17) is 5.73 Å². The van der Waals surface area contributed by atoms with Gasteiger partial charge in [0.25, 0.3) is 0 Å². The summed E-state index contributed by atoms with van der Waals surface area (Å²) in [5.74, 6) is 0.871. The lowest BCUT2D eigenvalue weighted by atomic mass is 10.0. The average molecular weight is 268 g/mol. The van der Waals surface area contributed by atoms with Crippen LogP contribution < -0.4 is 5.73 Å². The van der Waals surface area contributed by atoms with Gasteiger partial charge in [-0.3, -0.25) is 0 Å². The number of fused-ring (bicyclic) bond motifs is 1. The lowest BCUT2D eigenvalue weighted by molar-refractivity contribution is 0.928. The molecule has 0 aliphatic heterocycles. The van der Waals surface area contributed by atoms with E-state index in [1.807, 2.05) is 30.5 Å². The summed E-state index contributed by atoms with van der Waals surface area (Å²) in [6.45, 7) is 0. The number of nitrogens with two attached hydrogens (primary N) is 1. The number of aromatic nitrogens is 3. The molecule has 2 aromatic carbocycles. The number of nitrogen functional groups attached to an aromatic ring is 1. The Morgan fingerprint density at radius 3 is 2.58 bits per heavy atom. The molecule has 4 nitrogen and oxygen atoms in total. The molecule has 3 rings (SSSR count). The van der Waals surface area contributed by atoms with Gasteiger partial charge in [-0.1, -0.05) is 54.2 Å². The lowest BCUT2D eigenvalue weighted by Gasteiger charge is -2.06. The highest BCUT2D eigenvalue weighted by Gasteiger charge is 2.09. The van der Waals surface area contributed by atoms with Crippen LogP contribution in [0.1, 0.15) is 0 Å². The average Bonchev–Trinajstić information content (AvgIpc) is 2.46. The number of benzene rings is 2. The van der Waals surface area contributed by atoms with Crippen LogP contribution in [0.5, 0.6) is 0 Å². The molecule has 0 amide bonds. The van der Waals surface area contributed by atoms with Crippen LogP contribution in [0.25, 0.3) is 22.2 Å². The van der Waals surface area contributed by atoms with Crippen molar-refractivity contribution in [3.8, 4) is 11.4 Å². The lowest BCUT2D eigenvalue weighted by Crippen LogP contribution is -2.01. The summed E-state index contributed by atoms with van der Waals surface area (Å²) in [6, 6.07) is 14.2. The number of anilines is 1. The molecule has 94 valence electrons. The molecular weight excluding hydrogens is 256 g/mol. The molecule has 5 heteroatoms. The van der Waals surface area contributed by atoms with E-state index in [1.54, 1.807) is 0 Å². The number of rotatable bonds is 2. The molecular formula is C14H12N4S. The van der Waals surface area contributed by atoms with Gasteiger partial charge < -0.3 is 5.73 Å². The number of thioether (sulfide) groups is 1. The van der Waals surface area contributed by atoms with Crippen molar-refractivity contribution in [2.45, 2.75) is 5.16 Å². The van der Waals surface area contributed by atoms with Crippen molar-refractivity contribution in [3.05, 3.63) is 42.5 Å². The monoisotopic (exact) mass is 268 g/mol. The van der Waals surface area contributed by atoms with Gasteiger partial charge in [0.1, 0.15) is 0 Å². The molecule has 1 heterocycles. The van der Waals surface area contributed by atoms with E-state index < -0.39 is 0 Å². The van der Waals surface area contributed by atoms with Crippen molar-refractivity contribution in [3.63, 3.8) is 0 Å². The van der Waals surface area contributed by atoms with Gasteiger partial charge >= 0.3 is 0 Å². The molecule has 0 unspecified atom stereocenters. The highest BCUT2D eigenvalue weighted by molar-refractivity contribution is 7.98. The van der Waals surface area contributed by atoms with Gasteiger partial charge in [-0.15, -0.1) is 0 Å². The normalized spacial score (nSPS) is 10.8. The first-order valence-corrected chi connectivity index (χ1v) is 7.04. The van der Waals surface area contributed by atoms with Gasteiger partial charge in [0.05, 0.1) is 0 Å². The quantitative estimate of drug-likeness (QED) is 0.724. The number of nitrogens with zero attached hydrogens (tertiary/aromatic N) is 3. The van der Waals surface area contributed by atoms with Crippen molar-refractivity contribution >= 4 is 28.5 Å². The molecule has 3 aromatic rings. The van der Waals surface area contributed by atoms with Gasteiger partial charge in [0, 0.05) is 5.56 Å². The maximum atomic E-state index is 5.74. The van der Waals surface area contributed by atoms with Crippen LogP contribution in [-0.4, -0.2) is 21.2 Å². The van der Waals surface area contributed by atoms with Crippen LogP contribution in [0.3, 0.4) is 0 Å². The van der Waals surface area contributed by atoms with Crippen molar-refractivity contribution in [2.75, 3.05) is 12.0 Å². The van der Waals surface area contributed by atoms with E-state index >= 15 is 0 Å². The fraction of sp³-hybridized carbons (Fsp3) is 0.0714. The Balaban J connectivity index is 2.27. The van der Waals surface area contributed by atoms with Gasteiger partial charge in [0.2, 0.25) is 5.95 Å². The zero-order valence-electron chi connectivity index (χ0n) is 10.4. The van der Waals surface area contributed by atoms with Crippen LogP contribution in [0.2, 0.25) is 0 Å². The fourth-order valence-corrected chi connectivity index (χ4v) is 2.37. The first-order valence-electron chi connectivity index (χ1n) is 5.81. The van der Waals surface area contributed by atoms with E-state index in [2.05, 4.69) is 33.2 Å². The third kappa shape index (κ3) is 2.24. The number of hydrogen-bond donors (Lipinski definition) is 1. The maximum absolute atomic E-state index is 5.74. The fourth-order valence-electron chi connectivity index (χ4n) is 2.00. The van der Waals surface area contributed by atoms with Crippen LogP contribution >= 0.6 is 11.8 Å². The molecule has 0 aliphatic carbocycles. The van der Waals surface area contributed by atoms with Crippen molar-refractivity contribution in [1.82, 2.24) is 15.0 Å². The van der Waals surface area contributed by atoms with Gasteiger partial charge in [0.15, 0.2) is 11.0 Å². The third-order valence-corrected chi connectivity index (χ3v) is 3.39. The van der Waals surface area contributed by atoms with Gasteiger partial charge in [-0.2, -0.15) is 9.97 Å². The topological polar surface area (TPSA) is 64.7 Å². The zero-order chi connectivity index (χ0) is 13.2. The molecule has 0 atom stereocenters. The zero-order valence-corrected chi connectivity index (χ0v) is 11.2. The summed E-state index contributed by atoms with van der Waals surface area (Å²) in [5, 5.41) is 2.91. The standard InChI is InChI=1S/C14H12N4S/c1-19-14-17-12(16-13(15)18-14)11-8-4-6-9-5-2-3-7-10(9)11/h2-8H,1H3,(H2,15,16,17,18). The van der Waals surface area contributed by atoms with Crippen LogP contribution in [0.15, 0.2) is 47.6 Å². The Morgan fingerprint density at radius 2 is 1.74 bits per heavy atom. The third-order valence-electron chi connectivity index (χ3n) is 2.85. The Kier molecular flexibility index (Phi) is 3.05. The summed E-state index contributed by atoms with van der Waals surface area (Å²) in [7, 11) is 0. The minimum Gasteiger partial charge on any atom is -0.368 e. The smallest absolute Gasteiger partial charge is 0.224 e. The van der Waals surface area contributed by atoms with E-state index in [0.717, 1.165) is 16.3 Å². The van der Waals surface area contributed by atoms with E-state index in [9.17, 15) is 0 Å². The molecule has 2 N–H and O–H groups in total. The van der Waals surface area contributed by atoms with E-state index in [0.29, 0.717) is 11.0 Å². The minimum atomic E-state index is 0.252. The maximum Gasteiger partial charge on any atom is 0.224 e. The molecule has 0 radical (unpaired) electrons. The molecule has 0 bridgehead atoms. The van der Waals surface area contributed by atoms with Crippen molar-refractivity contribution in [1.29, 1.82) is 0 Å². The highest BCUT2D eigenvalue weighted by Crippen LogP contribution is 2.27. The second kappa shape index (κ2) is 4.85. The van der Waals surface area contributed by atoms with E-state index in [-0.39, 0.29) is 5.95 Å². The Morgan fingerprint density at radius 1 is 0.947 bits per heavy atom. The van der Waals surface area contributed by atoms with Crippen LogP contribution in [0, 0.1) is 0 Å². The minimum absolute atomic E-state index is 0.252. The Labute approximate surface area is 115 Å². The molecule has 0 saturated carbocycles. The first kappa shape index (κ1) is 11.9. The molecule has 0 saturated heterocycles. The number of hydrogen-bond acceptors (Lipinski definition) is 5. The predicted molar refractivity (Wildman–Crippen MR) is 79.0 cm³/mol. The highest BCUT2D eigenvalue weighted by atomic mass is 32.2.